The van der Waals surface area contributed by atoms with Crippen molar-refractivity contribution < 1.29 is 20.4 Å². The molecule has 0 atom stereocenters. The molecule has 0 unspecified atom stereocenters. The van der Waals surface area contributed by atoms with Crippen LogP contribution in [0.2, 0.25) is 0 Å². The molecule has 1 saturated carbocycles. The number of Topliss-reactive ketones (excluding diaryl/α,β-unsaturated/α-hetero) is 1. The van der Waals surface area contributed by atoms with Gasteiger partial charge in [-0.1, -0.05) is 36.4 Å². The molecule has 2 N–H and O–H groups in total. The quantitative estimate of drug-likeness (QED) is 0.606. The van der Waals surface area contributed by atoms with Crippen LogP contribution in [-0.2, 0) is 23.2 Å². The van der Waals surface area contributed by atoms with Gasteiger partial charge in [0.2, 0.25) is 6.79 Å². The fraction of sp³-hybridized carbons (Fsp3) is 0.269. The number of rotatable bonds is 7. The van der Waals surface area contributed by atoms with E-state index in [0.29, 0.717) is 13.0 Å². The third-order valence-electron chi connectivity index (χ3n) is 6.36. The van der Waals surface area contributed by atoms with Crippen LogP contribution in [0, 0.1) is 0 Å². The van der Waals surface area contributed by atoms with Gasteiger partial charge >= 0.3 is 0 Å². The number of carbonyl (C=O) groups is 1. The third kappa shape index (κ3) is 3.45. The van der Waals surface area contributed by atoms with Gasteiger partial charge in [-0.05, 0) is 59.4 Å². The van der Waals surface area contributed by atoms with E-state index in [1.807, 2.05) is 54.6 Å². The van der Waals surface area contributed by atoms with Gasteiger partial charge in [-0.2, -0.15) is 0 Å². The first-order valence-corrected chi connectivity index (χ1v) is 10.5. The topological polar surface area (TPSA) is 70.8 Å². The van der Waals surface area contributed by atoms with Gasteiger partial charge in [0, 0.05) is 20.0 Å². The minimum atomic E-state index is -0.420. The molecule has 3 aromatic rings. The number of fused-ring (bicyclic) bond motifs is 1. The lowest BCUT2D eigenvalue weighted by atomic mass is 9.87. The predicted molar refractivity (Wildman–Crippen MR) is 121 cm³/mol. The van der Waals surface area contributed by atoms with Gasteiger partial charge in [-0.15, -0.1) is 0 Å². The number of hydrogen-bond acceptors (Lipinski definition) is 5. The average Bonchev–Trinajstić information content (AvgIpc) is 3.50. The summed E-state index contributed by atoms with van der Waals surface area (Å²) in [7, 11) is 1.66. The molecule has 1 fully saturated rings. The Morgan fingerprint density at radius 3 is 2.61 bits per heavy atom. The lowest BCUT2D eigenvalue weighted by molar-refractivity contribution is -0.120. The molecule has 3 aromatic carbocycles. The van der Waals surface area contributed by atoms with E-state index in [9.17, 15) is 4.79 Å². The molecular weight excluding hydrogens is 390 g/mol. The monoisotopic (exact) mass is 417 g/mol. The van der Waals surface area contributed by atoms with E-state index in [1.165, 1.54) is 0 Å². The van der Waals surface area contributed by atoms with Gasteiger partial charge in [-0.3, -0.25) is 4.79 Å². The molecule has 1 aliphatic carbocycles. The molecule has 160 valence electrons. The Morgan fingerprint density at radius 2 is 1.84 bits per heavy atom. The van der Waals surface area contributed by atoms with Crippen molar-refractivity contribution in [1.29, 1.82) is 0 Å². The summed E-state index contributed by atoms with van der Waals surface area (Å²) < 4.78 is 16.5. The van der Waals surface area contributed by atoms with E-state index < -0.39 is 5.41 Å². The number of hydrogen-bond donors (Lipinski definition) is 1. The van der Waals surface area contributed by atoms with E-state index in [1.54, 1.807) is 7.11 Å². The van der Waals surface area contributed by atoms with Crippen LogP contribution in [0.1, 0.15) is 31.0 Å². The van der Waals surface area contributed by atoms with E-state index in [4.69, 9.17) is 19.9 Å². The zero-order chi connectivity index (χ0) is 21.4. The van der Waals surface area contributed by atoms with Crippen molar-refractivity contribution in [2.45, 2.75) is 31.2 Å². The lowest BCUT2D eigenvalue weighted by Crippen LogP contribution is -2.22. The molecule has 31 heavy (non-hydrogen) atoms. The van der Waals surface area contributed by atoms with E-state index >= 15 is 0 Å². The van der Waals surface area contributed by atoms with Crippen LogP contribution < -0.4 is 19.9 Å². The SMILES string of the molecule is COc1ccc(CC(=O)C2(c3ccc4c(c3)OCO4)CC2)cc1-c1ccccc1CN.[HH]. The molecule has 5 rings (SSSR count). The normalized spacial score (nSPS) is 15.5. The van der Waals surface area contributed by atoms with Crippen molar-refractivity contribution in [3.05, 3.63) is 77.4 Å². The molecule has 0 amide bonds. The summed E-state index contributed by atoms with van der Waals surface area (Å²) in [6, 6.07) is 19.9. The maximum Gasteiger partial charge on any atom is 0.231 e. The van der Waals surface area contributed by atoms with Crippen molar-refractivity contribution in [2.24, 2.45) is 5.73 Å². The van der Waals surface area contributed by atoms with Crippen LogP contribution in [-0.4, -0.2) is 19.7 Å². The fourth-order valence-electron chi connectivity index (χ4n) is 4.44. The summed E-state index contributed by atoms with van der Waals surface area (Å²) in [5.74, 6) is 2.47. The molecule has 0 spiro atoms. The Balaban J connectivity index is 0.00000245. The summed E-state index contributed by atoms with van der Waals surface area (Å²) >= 11 is 0. The summed E-state index contributed by atoms with van der Waals surface area (Å²) in [5, 5.41) is 0. The largest absolute Gasteiger partial charge is 0.496 e. The maximum absolute atomic E-state index is 13.4. The highest BCUT2D eigenvalue weighted by Crippen LogP contribution is 2.51. The Bertz CT molecular complexity index is 1160. The van der Waals surface area contributed by atoms with Gasteiger partial charge in [0.25, 0.3) is 0 Å². The Morgan fingerprint density at radius 1 is 1.03 bits per heavy atom. The average molecular weight is 418 g/mol. The first-order valence-electron chi connectivity index (χ1n) is 10.5. The zero-order valence-electron chi connectivity index (χ0n) is 17.5. The minimum absolute atomic E-state index is 0. The van der Waals surface area contributed by atoms with E-state index in [2.05, 4.69) is 6.07 Å². The zero-order valence-corrected chi connectivity index (χ0v) is 17.5. The van der Waals surface area contributed by atoms with Crippen LogP contribution in [0.3, 0.4) is 0 Å². The molecule has 0 aromatic heterocycles. The second kappa shape index (κ2) is 7.75. The Labute approximate surface area is 183 Å². The first kappa shape index (κ1) is 19.6. The van der Waals surface area contributed by atoms with Gasteiger partial charge in [-0.25, -0.2) is 0 Å². The second-order valence-corrected chi connectivity index (χ2v) is 8.15. The van der Waals surface area contributed by atoms with Crippen LogP contribution in [0.4, 0.5) is 0 Å². The van der Waals surface area contributed by atoms with Crippen LogP contribution in [0.25, 0.3) is 11.1 Å². The first-order chi connectivity index (χ1) is 15.1. The van der Waals surface area contributed by atoms with Crippen molar-refractivity contribution in [3.63, 3.8) is 0 Å². The highest BCUT2D eigenvalue weighted by Gasteiger charge is 2.50. The number of nitrogens with two attached hydrogens (primary N) is 1. The summed E-state index contributed by atoms with van der Waals surface area (Å²) in [6.07, 6.45) is 2.10. The summed E-state index contributed by atoms with van der Waals surface area (Å²) in [4.78, 5) is 13.4. The van der Waals surface area contributed by atoms with Crippen LogP contribution in [0.15, 0.2) is 60.7 Å². The van der Waals surface area contributed by atoms with Gasteiger partial charge < -0.3 is 19.9 Å². The van der Waals surface area contributed by atoms with Gasteiger partial charge in [0.15, 0.2) is 11.5 Å². The van der Waals surface area contributed by atoms with Gasteiger partial charge in [0.05, 0.1) is 12.5 Å². The van der Waals surface area contributed by atoms with Crippen LogP contribution in [0.5, 0.6) is 17.2 Å². The molecular formula is C26H27NO4. The number of ketones is 1. The van der Waals surface area contributed by atoms with E-state index in [-0.39, 0.29) is 14.0 Å². The number of carbonyl (C=O) groups excluding carboxylic acids is 1. The molecule has 0 bridgehead atoms. The van der Waals surface area contributed by atoms with Crippen molar-refractivity contribution in [3.8, 4) is 28.4 Å². The van der Waals surface area contributed by atoms with Crippen molar-refractivity contribution in [2.75, 3.05) is 13.9 Å². The standard InChI is InChI=1S/C26H25NO4.H2/c1-29-22-8-6-17(12-21(22)20-5-3-2-4-18(20)15-27)13-25(28)26(10-11-26)19-7-9-23-24(14-19)31-16-30-23;/h2-9,12,14H,10-11,13,15-16,27H2,1H3;1H. The highest BCUT2D eigenvalue weighted by atomic mass is 16.7. The Kier molecular flexibility index (Phi) is 4.91. The van der Waals surface area contributed by atoms with Crippen LogP contribution >= 0.6 is 0 Å². The highest BCUT2D eigenvalue weighted by molar-refractivity contribution is 5.95. The van der Waals surface area contributed by atoms with E-state index in [0.717, 1.165) is 57.9 Å². The third-order valence-corrected chi connectivity index (χ3v) is 6.36. The minimum Gasteiger partial charge on any atom is -0.496 e. The lowest BCUT2D eigenvalue weighted by Gasteiger charge is -2.17. The Hall–Kier alpha value is -3.31. The molecule has 0 saturated heterocycles. The molecule has 2 aliphatic rings. The number of ether oxygens (including phenoxy) is 3. The second-order valence-electron chi connectivity index (χ2n) is 8.15. The molecule has 5 nitrogen and oxygen atoms in total. The van der Waals surface area contributed by atoms with Crippen molar-refractivity contribution in [1.82, 2.24) is 0 Å². The molecule has 1 heterocycles. The van der Waals surface area contributed by atoms with Crippen molar-refractivity contribution >= 4 is 5.78 Å². The number of methoxy groups -OCH3 is 1. The smallest absolute Gasteiger partial charge is 0.231 e. The molecule has 1 aliphatic heterocycles. The number of benzene rings is 3. The molecule has 5 heteroatoms. The maximum atomic E-state index is 13.4. The predicted octanol–water partition coefficient (Wildman–Crippen LogP) is 4.64. The summed E-state index contributed by atoms with van der Waals surface area (Å²) in [6.45, 7) is 0.675. The molecule has 0 radical (unpaired) electrons. The summed E-state index contributed by atoms with van der Waals surface area (Å²) in [5.41, 5.74) is 10.6. The van der Waals surface area contributed by atoms with Gasteiger partial charge in [0.1, 0.15) is 11.5 Å². The fourth-order valence-corrected chi connectivity index (χ4v) is 4.44.